The van der Waals surface area contributed by atoms with E-state index in [2.05, 4.69) is 15.7 Å². The summed E-state index contributed by atoms with van der Waals surface area (Å²) in [4.78, 5) is 47.1. The van der Waals surface area contributed by atoms with Crippen molar-refractivity contribution in [2.24, 2.45) is 7.05 Å². The molecule has 0 saturated carbocycles. The second-order valence-corrected chi connectivity index (χ2v) is 5.95. The fourth-order valence-corrected chi connectivity index (χ4v) is 2.40. The van der Waals surface area contributed by atoms with Crippen LogP contribution < -0.4 is 16.2 Å². The van der Waals surface area contributed by atoms with Crippen molar-refractivity contribution in [3.05, 3.63) is 57.0 Å². The summed E-state index contributed by atoms with van der Waals surface area (Å²) in [5.74, 6) is -1.97. The summed E-state index contributed by atoms with van der Waals surface area (Å²) < 4.78 is 1.11. The van der Waals surface area contributed by atoms with Gasteiger partial charge in [-0.2, -0.15) is 5.10 Å². The number of rotatable bonds is 6. The number of aromatic nitrogens is 2. The van der Waals surface area contributed by atoms with Gasteiger partial charge in [0.25, 0.3) is 17.4 Å². The first-order chi connectivity index (χ1) is 12.7. The van der Waals surface area contributed by atoms with Crippen LogP contribution in [0.5, 0.6) is 0 Å². The molecule has 0 aliphatic carbocycles. The van der Waals surface area contributed by atoms with Crippen molar-refractivity contribution < 1.29 is 19.5 Å². The monoisotopic (exact) mass is 372 g/mol. The lowest BCUT2D eigenvalue weighted by molar-refractivity contribution is -0.136. The van der Waals surface area contributed by atoms with Crippen LogP contribution in [0, 0.1) is 13.8 Å². The van der Waals surface area contributed by atoms with Crippen molar-refractivity contribution in [3.63, 3.8) is 0 Å². The molecule has 3 N–H and O–H groups in total. The predicted molar refractivity (Wildman–Crippen MR) is 97.9 cm³/mol. The van der Waals surface area contributed by atoms with Gasteiger partial charge >= 0.3 is 5.97 Å². The van der Waals surface area contributed by atoms with Crippen LogP contribution in [0.4, 0.5) is 5.69 Å². The lowest BCUT2D eigenvalue weighted by atomic mass is 10.1. The number of aryl methyl sites for hydroxylation is 2. The van der Waals surface area contributed by atoms with E-state index < -0.39 is 23.3 Å². The Morgan fingerprint density at radius 1 is 1.11 bits per heavy atom. The van der Waals surface area contributed by atoms with Gasteiger partial charge in [0.2, 0.25) is 0 Å². The number of carbonyl (C=O) groups excluding carboxylic acids is 2. The van der Waals surface area contributed by atoms with Crippen LogP contribution >= 0.6 is 0 Å². The SMILES string of the molecule is Cc1nn(C)c(=O)c(C(=O)Nc2ccc(C(=O)NCCC(=O)O)cc2)c1C. The van der Waals surface area contributed by atoms with Crippen molar-refractivity contribution in [3.8, 4) is 0 Å². The minimum absolute atomic E-state index is 0.0143. The summed E-state index contributed by atoms with van der Waals surface area (Å²) in [5, 5.41) is 17.7. The average Bonchev–Trinajstić information content (AvgIpc) is 2.60. The predicted octanol–water partition coefficient (Wildman–Crippen LogP) is 0.854. The Kier molecular flexibility index (Phi) is 6.07. The van der Waals surface area contributed by atoms with E-state index in [0.717, 1.165) is 4.68 Å². The Morgan fingerprint density at radius 2 is 1.74 bits per heavy atom. The van der Waals surface area contributed by atoms with Gasteiger partial charge in [0.15, 0.2) is 0 Å². The molecule has 0 unspecified atom stereocenters. The molecule has 2 rings (SSSR count). The van der Waals surface area contributed by atoms with Crippen LogP contribution in [0.3, 0.4) is 0 Å². The molecule has 0 saturated heterocycles. The molecule has 0 bridgehead atoms. The van der Waals surface area contributed by atoms with Crippen molar-refractivity contribution in [2.45, 2.75) is 20.3 Å². The fraction of sp³-hybridized carbons (Fsp3) is 0.278. The summed E-state index contributed by atoms with van der Waals surface area (Å²) in [5.41, 5.74) is 1.34. The van der Waals surface area contributed by atoms with Gasteiger partial charge in [0.05, 0.1) is 12.1 Å². The van der Waals surface area contributed by atoms with E-state index in [9.17, 15) is 19.2 Å². The Balaban J connectivity index is 2.11. The molecular weight excluding hydrogens is 352 g/mol. The number of nitrogens with zero attached hydrogens (tertiary/aromatic N) is 2. The molecule has 2 aromatic rings. The quantitative estimate of drug-likeness (QED) is 0.689. The smallest absolute Gasteiger partial charge is 0.305 e. The highest BCUT2D eigenvalue weighted by Crippen LogP contribution is 2.13. The molecule has 142 valence electrons. The van der Waals surface area contributed by atoms with Gasteiger partial charge in [0.1, 0.15) is 5.56 Å². The molecule has 9 heteroatoms. The van der Waals surface area contributed by atoms with Gasteiger partial charge in [-0.05, 0) is 43.7 Å². The number of carboxylic acid groups (broad SMARTS) is 1. The van der Waals surface area contributed by atoms with Crippen molar-refractivity contribution >= 4 is 23.5 Å². The summed E-state index contributed by atoms with van der Waals surface area (Å²) in [6, 6.07) is 6.04. The van der Waals surface area contributed by atoms with Crippen LogP contribution in [0.15, 0.2) is 29.1 Å². The number of hydrogen-bond acceptors (Lipinski definition) is 5. The highest BCUT2D eigenvalue weighted by atomic mass is 16.4. The molecule has 1 aromatic heterocycles. The third kappa shape index (κ3) is 4.78. The molecule has 0 spiro atoms. The first kappa shape index (κ1) is 19.8. The van der Waals surface area contributed by atoms with E-state index in [1.807, 2.05) is 0 Å². The fourth-order valence-electron chi connectivity index (χ4n) is 2.40. The third-order valence-electron chi connectivity index (χ3n) is 3.98. The lowest BCUT2D eigenvalue weighted by Gasteiger charge is -2.11. The zero-order valence-corrected chi connectivity index (χ0v) is 15.2. The molecule has 9 nitrogen and oxygen atoms in total. The summed E-state index contributed by atoms with van der Waals surface area (Å²) in [6.07, 6.45) is -0.167. The number of hydrogen-bond donors (Lipinski definition) is 3. The zero-order valence-electron chi connectivity index (χ0n) is 15.2. The topological polar surface area (TPSA) is 130 Å². The summed E-state index contributed by atoms with van der Waals surface area (Å²) >= 11 is 0. The molecule has 0 aliphatic rings. The molecule has 0 fully saturated rings. The average molecular weight is 372 g/mol. The number of aliphatic carboxylic acids is 1. The molecule has 1 aromatic carbocycles. The van der Waals surface area contributed by atoms with Gasteiger partial charge in [-0.25, -0.2) is 4.68 Å². The molecule has 0 aliphatic heterocycles. The Hall–Kier alpha value is -3.49. The summed E-state index contributed by atoms with van der Waals surface area (Å²) in [6.45, 7) is 3.39. The maximum Gasteiger partial charge on any atom is 0.305 e. The number of anilines is 1. The van der Waals surface area contributed by atoms with E-state index in [1.54, 1.807) is 13.8 Å². The van der Waals surface area contributed by atoms with Crippen molar-refractivity contribution in [1.82, 2.24) is 15.1 Å². The number of benzene rings is 1. The number of carbonyl (C=O) groups is 3. The number of nitrogens with one attached hydrogen (secondary N) is 2. The highest BCUT2D eigenvalue weighted by Gasteiger charge is 2.18. The lowest BCUT2D eigenvalue weighted by Crippen LogP contribution is -2.31. The van der Waals surface area contributed by atoms with Gasteiger partial charge in [0, 0.05) is 24.8 Å². The standard InChI is InChI=1S/C18H20N4O5/c1-10-11(2)21-22(3)18(27)15(10)17(26)20-13-6-4-12(5-7-13)16(25)19-9-8-14(23)24/h4-7H,8-9H2,1-3H3,(H,19,25)(H,20,26)(H,23,24). The first-order valence-corrected chi connectivity index (χ1v) is 8.16. The minimum Gasteiger partial charge on any atom is -0.481 e. The Bertz CT molecular complexity index is 947. The maximum absolute atomic E-state index is 12.5. The molecule has 0 radical (unpaired) electrons. The third-order valence-corrected chi connectivity index (χ3v) is 3.98. The van der Waals surface area contributed by atoms with Gasteiger partial charge in [-0.15, -0.1) is 0 Å². The highest BCUT2D eigenvalue weighted by molar-refractivity contribution is 6.05. The van der Waals surface area contributed by atoms with Crippen LogP contribution in [0.25, 0.3) is 0 Å². The van der Waals surface area contributed by atoms with E-state index in [4.69, 9.17) is 5.11 Å². The van der Waals surface area contributed by atoms with Gasteiger partial charge in [-0.3, -0.25) is 19.2 Å². The van der Waals surface area contributed by atoms with Crippen LogP contribution in [0.1, 0.15) is 38.4 Å². The summed E-state index contributed by atoms with van der Waals surface area (Å²) in [7, 11) is 1.48. The normalized spacial score (nSPS) is 10.3. The largest absolute Gasteiger partial charge is 0.481 e. The van der Waals surface area contributed by atoms with Crippen LogP contribution in [-0.2, 0) is 11.8 Å². The van der Waals surface area contributed by atoms with Crippen molar-refractivity contribution in [1.29, 1.82) is 0 Å². The Labute approximate surface area is 155 Å². The molecule has 1 heterocycles. The van der Waals surface area contributed by atoms with E-state index >= 15 is 0 Å². The molecule has 27 heavy (non-hydrogen) atoms. The zero-order chi connectivity index (χ0) is 20.1. The maximum atomic E-state index is 12.5. The first-order valence-electron chi connectivity index (χ1n) is 8.16. The Morgan fingerprint density at radius 3 is 2.33 bits per heavy atom. The number of carboxylic acids is 1. The molecule has 0 atom stereocenters. The van der Waals surface area contributed by atoms with Crippen LogP contribution in [0.2, 0.25) is 0 Å². The second kappa shape index (κ2) is 8.26. The minimum atomic E-state index is -0.999. The van der Waals surface area contributed by atoms with Gasteiger partial charge in [-0.1, -0.05) is 0 Å². The van der Waals surface area contributed by atoms with E-state index in [0.29, 0.717) is 22.5 Å². The second-order valence-electron chi connectivity index (χ2n) is 5.95. The molecular formula is C18H20N4O5. The van der Waals surface area contributed by atoms with E-state index in [1.165, 1.54) is 31.3 Å². The molecule has 2 amide bonds. The van der Waals surface area contributed by atoms with Crippen molar-refractivity contribution in [2.75, 3.05) is 11.9 Å². The van der Waals surface area contributed by atoms with Gasteiger partial charge < -0.3 is 15.7 Å². The van der Waals surface area contributed by atoms with Crippen LogP contribution in [-0.4, -0.2) is 39.2 Å². The number of amides is 2. The van der Waals surface area contributed by atoms with E-state index in [-0.39, 0.29) is 18.5 Å².